The normalized spacial score (nSPS) is 23.0. The number of morpholine rings is 1. The van der Waals surface area contributed by atoms with Crippen LogP contribution in [0.5, 0.6) is 0 Å². The fourth-order valence-electron chi connectivity index (χ4n) is 1.58. The first-order valence-electron chi connectivity index (χ1n) is 4.74. The van der Waals surface area contributed by atoms with Gasteiger partial charge in [-0.2, -0.15) is 0 Å². The quantitative estimate of drug-likeness (QED) is 0.704. The van der Waals surface area contributed by atoms with E-state index in [1.54, 1.807) is 0 Å². The molecule has 1 aliphatic heterocycles. The average molecular weight is 177 g/mol. The number of benzene rings is 1. The summed E-state index contributed by atoms with van der Waals surface area (Å²) < 4.78 is 5.40. The lowest BCUT2D eigenvalue weighted by atomic mass is 10.1. The summed E-state index contributed by atoms with van der Waals surface area (Å²) in [5, 5.41) is 3.43. The highest BCUT2D eigenvalue weighted by Crippen LogP contribution is 2.15. The molecule has 0 bridgehead atoms. The van der Waals surface area contributed by atoms with Crippen LogP contribution in [0, 0.1) is 6.92 Å². The average Bonchev–Trinajstić information content (AvgIpc) is 2.20. The Hall–Kier alpha value is -0.860. The Labute approximate surface area is 78.9 Å². The number of ether oxygens (including phenoxy) is 1. The van der Waals surface area contributed by atoms with Gasteiger partial charge >= 0.3 is 0 Å². The molecule has 0 saturated carbocycles. The van der Waals surface area contributed by atoms with Gasteiger partial charge in [0, 0.05) is 6.54 Å². The van der Waals surface area contributed by atoms with Crippen molar-refractivity contribution in [3.05, 3.63) is 35.4 Å². The van der Waals surface area contributed by atoms with Gasteiger partial charge in [0.25, 0.3) is 0 Å². The zero-order valence-electron chi connectivity index (χ0n) is 7.92. The Balaban J connectivity index is 2.10. The second-order valence-electron chi connectivity index (χ2n) is 3.49. The summed E-state index contributed by atoms with van der Waals surface area (Å²) in [7, 11) is 0. The fourth-order valence-corrected chi connectivity index (χ4v) is 1.58. The van der Waals surface area contributed by atoms with E-state index in [1.165, 1.54) is 11.1 Å². The number of aryl methyl sites for hydroxylation is 1. The van der Waals surface area contributed by atoms with Gasteiger partial charge in [-0.15, -0.1) is 0 Å². The predicted octanol–water partition coefficient (Wildman–Crippen LogP) is 1.66. The van der Waals surface area contributed by atoms with Crippen LogP contribution in [0.3, 0.4) is 0 Å². The van der Waals surface area contributed by atoms with Crippen LogP contribution in [0.2, 0.25) is 0 Å². The van der Waals surface area contributed by atoms with Gasteiger partial charge in [0.1, 0.15) is 0 Å². The summed E-state index contributed by atoms with van der Waals surface area (Å²) in [5.74, 6) is 0. The Kier molecular flexibility index (Phi) is 2.62. The van der Waals surface area contributed by atoms with Crippen LogP contribution < -0.4 is 5.32 Å². The van der Waals surface area contributed by atoms with E-state index in [4.69, 9.17) is 4.74 Å². The molecule has 1 N–H and O–H groups in total. The van der Waals surface area contributed by atoms with E-state index in [-0.39, 0.29) is 0 Å². The molecule has 0 aliphatic carbocycles. The number of hydrogen-bond acceptors (Lipinski definition) is 2. The summed E-state index contributed by atoms with van der Waals surface area (Å²) in [5.41, 5.74) is 2.63. The van der Waals surface area contributed by atoms with Gasteiger partial charge in [-0.05, 0) is 12.5 Å². The summed E-state index contributed by atoms with van der Waals surface area (Å²) in [6.07, 6.45) is 0. The van der Waals surface area contributed by atoms with E-state index in [0.717, 1.165) is 19.8 Å². The summed E-state index contributed by atoms with van der Waals surface area (Å²) in [4.78, 5) is 0. The Bertz CT molecular complexity index is 262. The Morgan fingerprint density at radius 2 is 2.08 bits per heavy atom. The molecular formula is C11H15NO. The van der Waals surface area contributed by atoms with Crippen LogP contribution in [-0.2, 0) is 4.74 Å². The van der Waals surface area contributed by atoms with Crippen LogP contribution in [0.1, 0.15) is 17.2 Å². The molecule has 13 heavy (non-hydrogen) atoms. The third-order valence-corrected chi connectivity index (χ3v) is 2.40. The molecule has 1 aromatic carbocycles. The molecule has 0 aromatic heterocycles. The minimum atomic E-state index is 0.384. The lowest BCUT2D eigenvalue weighted by molar-refractivity contribution is 0.0769. The monoisotopic (exact) mass is 177 g/mol. The van der Waals surface area contributed by atoms with E-state index < -0.39 is 0 Å². The smallest absolute Gasteiger partial charge is 0.0662 e. The third kappa shape index (κ3) is 2.08. The second-order valence-corrected chi connectivity index (χ2v) is 3.49. The van der Waals surface area contributed by atoms with Gasteiger partial charge in [-0.1, -0.05) is 29.8 Å². The lowest BCUT2D eigenvalue weighted by Crippen LogP contribution is -2.34. The first kappa shape index (κ1) is 8.73. The van der Waals surface area contributed by atoms with Crippen molar-refractivity contribution in [3.8, 4) is 0 Å². The van der Waals surface area contributed by atoms with Crippen molar-refractivity contribution in [2.45, 2.75) is 13.0 Å². The van der Waals surface area contributed by atoms with Crippen LogP contribution in [0.25, 0.3) is 0 Å². The molecule has 0 radical (unpaired) electrons. The molecule has 0 amide bonds. The summed E-state index contributed by atoms with van der Waals surface area (Å²) in [6, 6.07) is 9.01. The highest BCUT2D eigenvalue weighted by Gasteiger charge is 2.14. The van der Waals surface area contributed by atoms with Gasteiger partial charge in [0.15, 0.2) is 0 Å². The molecule has 1 heterocycles. The van der Waals surface area contributed by atoms with Gasteiger partial charge in [-0.3, -0.25) is 0 Å². The van der Waals surface area contributed by atoms with Crippen molar-refractivity contribution in [2.75, 3.05) is 19.8 Å². The van der Waals surface area contributed by atoms with Crippen molar-refractivity contribution in [1.29, 1.82) is 0 Å². The van der Waals surface area contributed by atoms with Crippen LogP contribution in [-0.4, -0.2) is 19.8 Å². The van der Waals surface area contributed by atoms with Gasteiger partial charge in [0.05, 0.1) is 19.3 Å². The summed E-state index contributed by atoms with van der Waals surface area (Å²) >= 11 is 0. The first-order valence-corrected chi connectivity index (χ1v) is 4.74. The SMILES string of the molecule is Cc1ccc(C2COCCN2)cc1. The van der Waals surface area contributed by atoms with E-state index in [2.05, 4.69) is 36.5 Å². The molecule has 0 spiro atoms. The highest BCUT2D eigenvalue weighted by molar-refractivity contribution is 5.24. The third-order valence-electron chi connectivity index (χ3n) is 2.40. The molecule has 1 aliphatic rings. The zero-order chi connectivity index (χ0) is 9.10. The number of rotatable bonds is 1. The molecule has 1 fully saturated rings. The van der Waals surface area contributed by atoms with Gasteiger partial charge in [0.2, 0.25) is 0 Å². The molecule has 1 atom stereocenters. The molecule has 1 unspecified atom stereocenters. The maximum absolute atomic E-state index is 5.40. The van der Waals surface area contributed by atoms with E-state index in [1.807, 2.05) is 0 Å². The van der Waals surface area contributed by atoms with Gasteiger partial charge in [-0.25, -0.2) is 0 Å². The van der Waals surface area contributed by atoms with Crippen molar-refractivity contribution < 1.29 is 4.74 Å². The first-order chi connectivity index (χ1) is 6.36. The minimum Gasteiger partial charge on any atom is -0.378 e. The standard InChI is InChI=1S/C11H15NO/c1-9-2-4-10(5-3-9)11-8-13-7-6-12-11/h2-5,11-12H,6-8H2,1H3. The highest BCUT2D eigenvalue weighted by atomic mass is 16.5. The van der Waals surface area contributed by atoms with E-state index >= 15 is 0 Å². The minimum absolute atomic E-state index is 0.384. The van der Waals surface area contributed by atoms with Crippen molar-refractivity contribution in [3.63, 3.8) is 0 Å². The zero-order valence-corrected chi connectivity index (χ0v) is 7.92. The maximum atomic E-state index is 5.40. The topological polar surface area (TPSA) is 21.3 Å². The van der Waals surface area contributed by atoms with Crippen molar-refractivity contribution in [1.82, 2.24) is 5.32 Å². The molecule has 2 heteroatoms. The van der Waals surface area contributed by atoms with Crippen LogP contribution >= 0.6 is 0 Å². The summed E-state index contributed by atoms with van der Waals surface area (Å²) in [6.45, 7) is 4.69. The fraction of sp³-hybridized carbons (Fsp3) is 0.455. The number of nitrogens with one attached hydrogen (secondary N) is 1. The molecule has 2 nitrogen and oxygen atoms in total. The Morgan fingerprint density at radius 3 is 2.69 bits per heavy atom. The van der Waals surface area contributed by atoms with Crippen LogP contribution in [0.15, 0.2) is 24.3 Å². The van der Waals surface area contributed by atoms with Crippen molar-refractivity contribution >= 4 is 0 Å². The van der Waals surface area contributed by atoms with E-state index in [0.29, 0.717) is 6.04 Å². The number of hydrogen-bond donors (Lipinski definition) is 1. The van der Waals surface area contributed by atoms with Gasteiger partial charge < -0.3 is 10.1 Å². The Morgan fingerprint density at radius 1 is 1.31 bits per heavy atom. The molecule has 1 aromatic rings. The van der Waals surface area contributed by atoms with Crippen LogP contribution in [0.4, 0.5) is 0 Å². The van der Waals surface area contributed by atoms with Crippen molar-refractivity contribution in [2.24, 2.45) is 0 Å². The molecule has 2 rings (SSSR count). The molecule has 70 valence electrons. The molecule has 1 saturated heterocycles. The maximum Gasteiger partial charge on any atom is 0.0662 e. The molecular weight excluding hydrogens is 162 g/mol. The second kappa shape index (κ2) is 3.90. The van der Waals surface area contributed by atoms with E-state index in [9.17, 15) is 0 Å². The predicted molar refractivity (Wildman–Crippen MR) is 52.7 cm³/mol. The largest absolute Gasteiger partial charge is 0.378 e. The lowest BCUT2D eigenvalue weighted by Gasteiger charge is -2.24.